The molecule has 1 atom stereocenters. The van der Waals surface area contributed by atoms with Gasteiger partial charge in [-0.05, 0) is 54.3 Å². The van der Waals surface area contributed by atoms with E-state index < -0.39 is 12.0 Å². The van der Waals surface area contributed by atoms with E-state index in [9.17, 15) is 9.90 Å². The molecule has 2 aromatic rings. The molecule has 2 rings (SSSR count). The van der Waals surface area contributed by atoms with Crippen LogP contribution >= 0.6 is 50.9 Å². The fourth-order valence-electron chi connectivity index (χ4n) is 2.40. The van der Waals surface area contributed by atoms with Crippen LogP contribution in [-0.4, -0.2) is 29.1 Å². The molecule has 0 spiro atoms. The number of carboxylic acids is 1. The summed E-state index contributed by atoms with van der Waals surface area (Å²) in [6.45, 7) is 0.724. The van der Waals surface area contributed by atoms with E-state index in [0.717, 1.165) is 21.4 Å². The van der Waals surface area contributed by atoms with Crippen LogP contribution in [0.4, 0.5) is 0 Å². The maximum Gasteiger partial charge on any atom is 0.320 e. The zero-order valence-corrected chi connectivity index (χ0v) is 18.6. The van der Waals surface area contributed by atoms with Crippen molar-refractivity contribution in [3.63, 3.8) is 0 Å². The second-order valence-electron chi connectivity index (χ2n) is 5.84. The van der Waals surface area contributed by atoms with E-state index in [-0.39, 0.29) is 0 Å². The summed E-state index contributed by atoms with van der Waals surface area (Å²) in [5, 5.41) is 13.4. The minimum absolute atomic E-state index is 0.334. The molecular weight excluding hydrogens is 473 g/mol. The summed E-state index contributed by atoms with van der Waals surface area (Å²) < 4.78 is 6.83. The van der Waals surface area contributed by atoms with Gasteiger partial charge in [-0.15, -0.1) is 0 Å². The van der Waals surface area contributed by atoms with Crippen LogP contribution in [0.25, 0.3) is 0 Å². The van der Waals surface area contributed by atoms with Gasteiger partial charge >= 0.3 is 5.97 Å². The molecule has 146 valence electrons. The first kappa shape index (κ1) is 22.4. The molecule has 2 N–H and O–H groups in total. The van der Waals surface area contributed by atoms with Gasteiger partial charge in [-0.3, -0.25) is 4.79 Å². The van der Waals surface area contributed by atoms with Gasteiger partial charge in [0, 0.05) is 16.6 Å². The molecule has 27 heavy (non-hydrogen) atoms. The summed E-state index contributed by atoms with van der Waals surface area (Å²) in [5.74, 6) is 0.617. The predicted molar refractivity (Wildman–Crippen MR) is 116 cm³/mol. The SMILES string of the molecule is CSCCC(NCc1cc(Br)ccc1OCc1ccc(Cl)c(Cl)c1)C(=O)O. The molecule has 0 aromatic heterocycles. The Hall–Kier alpha value is -0.920. The first-order valence-corrected chi connectivity index (χ1v) is 11.1. The van der Waals surface area contributed by atoms with Crippen LogP contribution < -0.4 is 10.1 Å². The lowest BCUT2D eigenvalue weighted by molar-refractivity contribution is -0.139. The van der Waals surface area contributed by atoms with Crippen LogP contribution in [0.5, 0.6) is 5.75 Å². The molecule has 4 nitrogen and oxygen atoms in total. The smallest absolute Gasteiger partial charge is 0.320 e. The molecule has 0 bridgehead atoms. The molecule has 8 heteroatoms. The lowest BCUT2D eigenvalue weighted by Gasteiger charge is -2.17. The Morgan fingerprint density at radius 3 is 2.70 bits per heavy atom. The van der Waals surface area contributed by atoms with Gasteiger partial charge in [0.25, 0.3) is 0 Å². The van der Waals surface area contributed by atoms with Crippen molar-refractivity contribution < 1.29 is 14.6 Å². The van der Waals surface area contributed by atoms with E-state index in [1.165, 1.54) is 0 Å². The third kappa shape index (κ3) is 7.20. The predicted octanol–water partition coefficient (Wildman–Crippen LogP) is 5.63. The Morgan fingerprint density at radius 2 is 2.04 bits per heavy atom. The van der Waals surface area contributed by atoms with Crippen LogP contribution in [-0.2, 0) is 17.9 Å². The first-order valence-electron chi connectivity index (χ1n) is 8.21. The number of benzene rings is 2. The highest BCUT2D eigenvalue weighted by atomic mass is 79.9. The number of nitrogens with one attached hydrogen (secondary N) is 1. The summed E-state index contributed by atoms with van der Waals surface area (Å²) in [7, 11) is 0. The van der Waals surface area contributed by atoms with Crippen LogP contribution in [0.15, 0.2) is 40.9 Å². The molecule has 0 heterocycles. The highest BCUT2D eigenvalue weighted by Gasteiger charge is 2.17. The number of carbonyl (C=O) groups is 1. The number of halogens is 3. The van der Waals surface area contributed by atoms with Gasteiger partial charge in [0.15, 0.2) is 0 Å². The molecule has 2 aromatic carbocycles. The number of hydrogen-bond acceptors (Lipinski definition) is 4. The van der Waals surface area contributed by atoms with Crippen LogP contribution in [0, 0.1) is 0 Å². The van der Waals surface area contributed by atoms with Gasteiger partial charge in [0.1, 0.15) is 18.4 Å². The van der Waals surface area contributed by atoms with Crippen LogP contribution in [0.2, 0.25) is 10.0 Å². The average molecular weight is 493 g/mol. The normalized spacial score (nSPS) is 12.0. The number of carboxylic acid groups (broad SMARTS) is 1. The third-order valence-electron chi connectivity index (χ3n) is 3.85. The molecule has 0 amide bonds. The lowest BCUT2D eigenvalue weighted by Crippen LogP contribution is -2.36. The highest BCUT2D eigenvalue weighted by Crippen LogP contribution is 2.26. The van der Waals surface area contributed by atoms with Gasteiger partial charge in [0.05, 0.1) is 10.0 Å². The quantitative estimate of drug-likeness (QED) is 0.450. The standard InChI is InChI=1S/C19H20BrCl2NO3S/c1-27-7-6-17(19(24)25)23-10-13-9-14(20)3-5-18(13)26-11-12-2-4-15(21)16(22)8-12/h2-5,8-9,17,23H,6-7,10-11H2,1H3,(H,24,25). The number of thioether (sulfide) groups is 1. The molecular formula is C19H20BrCl2NO3S. The van der Waals surface area contributed by atoms with E-state index in [2.05, 4.69) is 21.2 Å². The molecule has 0 radical (unpaired) electrons. The minimum Gasteiger partial charge on any atom is -0.489 e. The number of ether oxygens (including phenoxy) is 1. The number of aliphatic carboxylic acids is 1. The Morgan fingerprint density at radius 1 is 1.26 bits per heavy atom. The zero-order chi connectivity index (χ0) is 19.8. The monoisotopic (exact) mass is 491 g/mol. The Balaban J connectivity index is 2.06. The molecule has 0 saturated heterocycles. The second kappa shape index (κ2) is 11.2. The van der Waals surface area contributed by atoms with Crippen molar-refractivity contribution in [3.05, 3.63) is 62.0 Å². The summed E-state index contributed by atoms with van der Waals surface area (Å²) in [6, 6.07) is 10.4. The van der Waals surface area contributed by atoms with Gasteiger partial charge in [-0.1, -0.05) is 45.2 Å². The van der Waals surface area contributed by atoms with Gasteiger partial charge in [-0.2, -0.15) is 11.8 Å². The Kier molecular flexibility index (Phi) is 9.26. The second-order valence-corrected chi connectivity index (χ2v) is 8.56. The van der Waals surface area contributed by atoms with E-state index >= 15 is 0 Å². The maximum absolute atomic E-state index is 11.4. The highest BCUT2D eigenvalue weighted by molar-refractivity contribution is 9.10. The van der Waals surface area contributed by atoms with Gasteiger partial charge < -0.3 is 15.2 Å². The minimum atomic E-state index is -0.850. The first-order chi connectivity index (χ1) is 12.9. The van der Waals surface area contributed by atoms with Crippen molar-refractivity contribution >= 4 is 56.9 Å². The van der Waals surface area contributed by atoms with Crippen molar-refractivity contribution in [1.82, 2.24) is 5.32 Å². The largest absolute Gasteiger partial charge is 0.489 e. The summed E-state index contributed by atoms with van der Waals surface area (Å²) in [4.78, 5) is 11.4. The fraction of sp³-hybridized carbons (Fsp3) is 0.316. The van der Waals surface area contributed by atoms with E-state index in [0.29, 0.717) is 35.4 Å². The van der Waals surface area contributed by atoms with Crippen molar-refractivity contribution in [3.8, 4) is 5.75 Å². The van der Waals surface area contributed by atoms with Crippen molar-refractivity contribution in [2.75, 3.05) is 12.0 Å². The molecule has 0 aliphatic rings. The van der Waals surface area contributed by atoms with E-state index in [1.54, 1.807) is 23.9 Å². The Labute approximate surface area is 181 Å². The van der Waals surface area contributed by atoms with Crippen LogP contribution in [0.3, 0.4) is 0 Å². The topological polar surface area (TPSA) is 58.6 Å². The zero-order valence-electron chi connectivity index (χ0n) is 14.7. The summed E-state index contributed by atoms with van der Waals surface area (Å²) >= 11 is 17.1. The van der Waals surface area contributed by atoms with Crippen molar-refractivity contribution in [2.24, 2.45) is 0 Å². The number of rotatable bonds is 10. The molecule has 0 saturated carbocycles. The number of hydrogen-bond donors (Lipinski definition) is 2. The summed E-state index contributed by atoms with van der Waals surface area (Å²) in [6.07, 6.45) is 2.52. The van der Waals surface area contributed by atoms with Gasteiger partial charge in [-0.25, -0.2) is 0 Å². The fourth-order valence-corrected chi connectivity index (χ4v) is 3.60. The van der Waals surface area contributed by atoms with Crippen molar-refractivity contribution in [2.45, 2.75) is 25.6 Å². The summed E-state index contributed by atoms with van der Waals surface area (Å²) in [5.41, 5.74) is 1.77. The third-order valence-corrected chi connectivity index (χ3v) is 5.72. The molecule has 0 aliphatic heterocycles. The van der Waals surface area contributed by atoms with Crippen LogP contribution in [0.1, 0.15) is 17.5 Å². The molecule has 0 fully saturated rings. The van der Waals surface area contributed by atoms with Gasteiger partial charge in [0.2, 0.25) is 0 Å². The molecule has 0 aliphatic carbocycles. The van der Waals surface area contributed by atoms with E-state index in [1.807, 2.05) is 30.5 Å². The molecule has 1 unspecified atom stereocenters. The Bertz CT molecular complexity index is 792. The lowest BCUT2D eigenvalue weighted by atomic mass is 10.1. The van der Waals surface area contributed by atoms with Crippen molar-refractivity contribution in [1.29, 1.82) is 0 Å². The van der Waals surface area contributed by atoms with E-state index in [4.69, 9.17) is 27.9 Å². The maximum atomic E-state index is 11.4. The average Bonchev–Trinajstić information content (AvgIpc) is 2.63.